The van der Waals surface area contributed by atoms with E-state index in [0.717, 1.165) is 41.1 Å². The van der Waals surface area contributed by atoms with Crippen LogP contribution in [0.15, 0.2) is 42.5 Å². The van der Waals surface area contributed by atoms with Crippen molar-refractivity contribution in [2.75, 3.05) is 5.32 Å². The molecule has 0 aliphatic carbocycles. The molecule has 122 valence electrons. The highest BCUT2D eigenvalue weighted by molar-refractivity contribution is 5.94. The number of hydrogen-bond donors (Lipinski definition) is 1. The molecule has 1 atom stereocenters. The summed E-state index contributed by atoms with van der Waals surface area (Å²) in [6.07, 6.45) is 1.55. The molecule has 0 saturated heterocycles. The van der Waals surface area contributed by atoms with Crippen LogP contribution in [-0.4, -0.2) is 15.5 Å². The van der Waals surface area contributed by atoms with Crippen LogP contribution >= 0.6 is 0 Å². The van der Waals surface area contributed by atoms with Crippen LogP contribution in [0, 0.1) is 19.8 Å². The Bertz CT molecular complexity index is 906. The van der Waals surface area contributed by atoms with Gasteiger partial charge in [-0.25, -0.2) is 4.98 Å². The standard InChI is InChI=1S/C20H21N3O/c1-13-6-5-7-14(2)19(13)22-20(24)15-10-11-23-17-9-4-3-8-16(17)21-18(23)12-15/h3-9,15H,10-12H2,1-2H3,(H,22,24). The molecule has 24 heavy (non-hydrogen) atoms. The monoisotopic (exact) mass is 319 g/mol. The van der Waals surface area contributed by atoms with Crippen molar-refractivity contribution in [3.05, 3.63) is 59.4 Å². The van der Waals surface area contributed by atoms with Crippen LogP contribution in [0.25, 0.3) is 11.0 Å². The van der Waals surface area contributed by atoms with E-state index in [-0.39, 0.29) is 11.8 Å². The third-order valence-electron chi connectivity index (χ3n) is 4.96. The van der Waals surface area contributed by atoms with Crippen molar-refractivity contribution in [3.8, 4) is 0 Å². The zero-order valence-electron chi connectivity index (χ0n) is 14.0. The molecular weight excluding hydrogens is 298 g/mol. The van der Waals surface area contributed by atoms with Gasteiger partial charge in [0.2, 0.25) is 5.91 Å². The summed E-state index contributed by atoms with van der Waals surface area (Å²) in [6.45, 7) is 4.91. The Morgan fingerprint density at radius 1 is 1.12 bits per heavy atom. The molecule has 4 rings (SSSR count). The number of amides is 1. The second-order valence-electron chi connectivity index (χ2n) is 6.61. The fraction of sp³-hybridized carbons (Fsp3) is 0.300. The van der Waals surface area contributed by atoms with E-state index in [2.05, 4.69) is 16.0 Å². The molecular formula is C20H21N3O. The molecule has 1 aliphatic heterocycles. The summed E-state index contributed by atoms with van der Waals surface area (Å²) < 4.78 is 2.25. The number of aromatic nitrogens is 2. The number of nitrogens with one attached hydrogen (secondary N) is 1. The first-order valence-electron chi connectivity index (χ1n) is 8.44. The van der Waals surface area contributed by atoms with Gasteiger partial charge in [0.05, 0.1) is 11.0 Å². The van der Waals surface area contributed by atoms with Crippen molar-refractivity contribution in [1.29, 1.82) is 0 Å². The Balaban J connectivity index is 1.57. The molecule has 3 aromatic rings. The Hall–Kier alpha value is -2.62. The summed E-state index contributed by atoms with van der Waals surface area (Å²) >= 11 is 0. The average Bonchev–Trinajstić information content (AvgIpc) is 2.96. The number of carbonyl (C=O) groups is 1. The quantitative estimate of drug-likeness (QED) is 0.780. The highest BCUT2D eigenvalue weighted by atomic mass is 16.1. The molecule has 1 amide bonds. The highest BCUT2D eigenvalue weighted by Gasteiger charge is 2.27. The number of hydrogen-bond acceptors (Lipinski definition) is 2. The number of aryl methyl sites for hydroxylation is 3. The lowest BCUT2D eigenvalue weighted by atomic mass is 9.96. The normalized spacial score (nSPS) is 16.8. The minimum atomic E-state index is -0.0201. The van der Waals surface area contributed by atoms with Gasteiger partial charge in [-0.05, 0) is 43.5 Å². The lowest BCUT2D eigenvalue weighted by Crippen LogP contribution is -2.30. The molecule has 1 aliphatic rings. The van der Waals surface area contributed by atoms with Crippen molar-refractivity contribution >= 4 is 22.6 Å². The lowest BCUT2D eigenvalue weighted by molar-refractivity contribution is -0.120. The summed E-state index contributed by atoms with van der Waals surface area (Å²) in [5.74, 6) is 1.10. The SMILES string of the molecule is Cc1cccc(C)c1NC(=O)C1CCn2c(nc3ccccc32)C1. The molecule has 1 N–H and O–H groups in total. The van der Waals surface area contributed by atoms with Crippen molar-refractivity contribution in [3.63, 3.8) is 0 Å². The topological polar surface area (TPSA) is 46.9 Å². The molecule has 1 aromatic heterocycles. The fourth-order valence-corrected chi connectivity index (χ4v) is 3.60. The predicted octanol–water partition coefficient (Wildman–Crippen LogP) is 3.85. The lowest BCUT2D eigenvalue weighted by Gasteiger charge is -2.24. The average molecular weight is 319 g/mol. The first-order chi connectivity index (χ1) is 11.6. The smallest absolute Gasteiger partial charge is 0.228 e. The molecule has 2 aromatic carbocycles. The zero-order valence-corrected chi connectivity index (χ0v) is 14.0. The van der Waals surface area contributed by atoms with Crippen LogP contribution in [0.2, 0.25) is 0 Å². The summed E-state index contributed by atoms with van der Waals surface area (Å²) in [6, 6.07) is 14.3. The number of para-hydroxylation sites is 3. The van der Waals surface area contributed by atoms with Crippen LogP contribution in [0.1, 0.15) is 23.4 Å². The van der Waals surface area contributed by atoms with Gasteiger partial charge in [0, 0.05) is 24.6 Å². The van der Waals surface area contributed by atoms with E-state index in [0.29, 0.717) is 6.42 Å². The molecule has 0 fully saturated rings. The number of fused-ring (bicyclic) bond motifs is 3. The van der Waals surface area contributed by atoms with Gasteiger partial charge in [-0.3, -0.25) is 4.79 Å². The van der Waals surface area contributed by atoms with Crippen LogP contribution < -0.4 is 5.32 Å². The second-order valence-corrected chi connectivity index (χ2v) is 6.61. The third-order valence-corrected chi connectivity index (χ3v) is 4.96. The molecule has 1 unspecified atom stereocenters. The zero-order chi connectivity index (χ0) is 16.7. The summed E-state index contributed by atoms with van der Waals surface area (Å²) in [5.41, 5.74) is 5.34. The number of benzene rings is 2. The maximum atomic E-state index is 12.7. The van der Waals surface area contributed by atoms with Gasteiger partial charge in [-0.15, -0.1) is 0 Å². The van der Waals surface area contributed by atoms with Crippen LogP contribution in [-0.2, 0) is 17.8 Å². The van der Waals surface area contributed by atoms with Crippen LogP contribution in [0.5, 0.6) is 0 Å². The first kappa shape index (κ1) is 14.9. The number of anilines is 1. The fourth-order valence-electron chi connectivity index (χ4n) is 3.60. The van der Waals surface area contributed by atoms with Crippen molar-refractivity contribution < 1.29 is 4.79 Å². The minimum absolute atomic E-state index is 0.0201. The third kappa shape index (κ3) is 2.48. The van der Waals surface area contributed by atoms with Gasteiger partial charge in [0.1, 0.15) is 5.82 Å². The second kappa shape index (κ2) is 5.78. The van der Waals surface area contributed by atoms with Gasteiger partial charge in [-0.1, -0.05) is 30.3 Å². The van der Waals surface area contributed by atoms with Gasteiger partial charge < -0.3 is 9.88 Å². The number of carbonyl (C=O) groups excluding carboxylic acids is 1. The van der Waals surface area contributed by atoms with E-state index >= 15 is 0 Å². The molecule has 0 bridgehead atoms. The van der Waals surface area contributed by atoms with Crippen molar-refractivity contribution in [2.24, 2.45) is 5.92 Å². The van der Waals surface area contributed by atoms with Gasteiger partial charge in [0.25, 0.3) is 0 Å². The Labute approximate surface area is 141 Å². The largest absolute Gasteiger partial charge is 0.328 e. The molecule has 4 heteroatoms. The van der Waals surface area contributed by atoms with E-state index in [1.807, 2.05) is 50.2 Å². The highest BCUT2D eigenvalue weighted by Crippen LogP contribution is 2.27. The van der Waals surface area contributed by atoms with Gasteiger partial charge >= 0.3 is 0 Å². The van der Waals surface area contributed by atoms with E-state index in [4.69, 9.17) is 4.98 Å². The van der Waals surface area contributed by atoms with E-state index < -0.39 is 0 Å². The van der Waals surface area contributed by atoms with E-state index in [1.165, 1.54) is 5.52 Å². The molecule has 2 heterocycles. The number of rotatable bonds is 2. The Morgan fingerprint density at radius 3 is 2.67 bits per heavy atom. The van der Waals surface area contributed by atoms with Crippen LogP contribution in [0.4, 0.5) is 5.69 Å². The van der Waals surface area contributed by atoms with Crippen molar-refractivity contribution in [1.82, 2.24) is 9.55 Å². The van der Waals surface area contributed by atoms with Crippen LogP contribution in [0.3, 0.4) is 0 Å². The van der Waals surface area contributed by atoms with E-state index in [1.54, 1.807) is 0 Å². The minimum Gasteiger partial charge on any atom is -0.328 e. The summed E-state index contributed by atoms with van der Waals surface area (Å²) in [4.78, 5) is 17.5. The molecule has 4 nitrogen and oxygen atoms in total. The maximum absolute atomic E-state index is 12.7. The number of nitrogens with zero attached hydrogens (tertiary/aromatic N) is 2. The Kier molecular flexibility index (Phi) is 3.60. The predicted molar refractivity (Wildman–Crippen MR) is 96.1 cm³/mol. The van der Waals surface area contributed by atoms with Gasteiger partial charge in [0.15, 0.2) is 0 Å². The summed E-state index contributed by atoms with van der Waals surface area (Å²) in [5, 5.41) is 3.14. The maximum Gasteiger partial charge on any atom is 0.228 e. The molecule has 0 spiro atoms. The summed E-state index contributed by atoms with van der Waals surface area (Å²) in [7, 11) is 0. The first-order valence-corrected chi connectivity index (χ1v) is 8.44. The molecule has 0 radical (unpaired) electrons. The molecule has 0 saturated carbocycles. The Morgan fingerprint density at radius 2 is 1.88 bits per heavy atom. The van der Waals surface area contributed by atoms with E-state index in [9.17, 15) is 4.79 Å². The number of imidazole rings is 1. The van der Waals surface area contributed by atoms with Crippen molar-refractivity contribution in [2.45, 2.75) is 33.2 Å². The van der Waals surface area contributed by atoms with Gasteiger partial charge in [-0.2, -0.15) is 0 Å².